The van der Waals surface area contributed by atoms with E-state index in [4.69, 9.17) is 4.74 Å². The Hall–Kier alpha value is -1.93. The lowest BCUT2D eigenvalue weighted by atomic mass is 9.44. The van der Waals surface area contributed by atoms with Crippen LogP contribution < -0.4 is 0 Å². The summed E-state index contributed by atoms with van der Waals surface area (Å²) in [5, 5.41) is 21.1. The van der Waals surface area contributed by atoms with Crippen molar-refractivity contribution in [2.75, 3.05) is 6.61 Å². The van der Waals surface area contributed by atoms with Gasteiger partial charge in [0.2, 0.25) is 0 Å². The number of hydrogen-bond acceptors (Lipinski definition) is 6. The Labute approximate surface area is 185 Å². The van der Waals surface area contributed by atoms with Crippen LogP contribution in [0, 0.1) is 28.6 Å². The molecule has 32 heavy (non-hydrogen) atoms. The van der Waals surface area contributed by atoms with Gasteiger partial charge in [-0.1, -0.05) is 19.9 Å². The van der Waals surface area contributed by atoms with E-state index in [0.29, 0.717) is 0 Å². The highest BCUT2D eigenvalue weighted by molar-refractivity contribution is 6.01. The lowest BCUT2D eigenvalue weighted by molar-refractivity contribution is -0.233. The van der Waals surface area contributed by atoms with Gasteiger partial charge in [0.25, 0.3) is 0 Å². The molecule has 9 atom stereocenters. The van der Waals surface area contributed by atoms with E-state index in [1.54, 1.807) is 13.8 Å². The van der Waals surface area contributed by atoms with Crippen LogP contribution in [0.25, 0.3) is 0 Å². The first-order valence-electron chi connectivity index (χ1n) is 11.1. The summed E-state index contributed by atoms with van der Waals surface area (Å²) in [5.41, 5.74) is -6.96. The highest BCUT2D eigenvalue weighted by Gasteiger charge is 2.77. The molecule has 0 radical (unpaired) electrons. The number of esters is 1. The maximum Gasteiger partial charge on any atom is 0.303 e. The van der Waals surface area contributed by atoms with Crippen LogP contribution in [0.2, 0.25) is 0 Å². The second kappa shape index (κ2) is 7.03. The van der Waals surface area contributed by atoms with E-state index in [0.717, 1.165) is 13.0 Å². The summed E-state index contributed by atoms with van der Waals surface area (Å²) in [6, 6.07) is 0. The van der Waals surface area contributed by atoms with Gasteiger partial charge in [-0.3, -0.25) is 14.4 Å². The summed E-state index contributed by atoms with van der Waals surface area (Å²) in [4.78, 5) is 36.7. The van der Waals surface area contributed by atoms with Crippen LogP contribution in [-0.2, 0) is 19.1 Å². The Morgan fingerprint density at radius 1 is 1.25 bits per heavy atom. The Balaban J connectivity index is 1.93. The molecule has 0 spiro atoms. The van der Waals surface area contributed by atoms with E-state index < -0.39 is 76.3 Å². The number of aliphatic hydroxyl groups excluding tert-OH is 1. The van der Waals surface area contributed by atoms with Crippen molar-refractivity contribution < 1.29 is 38.1 Å². The molecule has 4 rings (SSSR count). The summed E-state index contributed by atoms with van der Waals surface area (Å²) in [6.45, 7) is 5.10. The average molecular weight is 452 g/mol. The van der Waals surface area contributed by atoms with Gasteiger partial charge in [0.1, 0.15) is 24.5 Å². The highest BCUT2D eigenvalue weighted by Crippen LogP contribution is 2.71. The van der Waals surface area contributed by atoms with E-state index >= 15 is 8.78 Å². The van der Waals surface area contributed by atoms with E-state index in [1.165, 1.54) is 19.1 Å². The molecule has 176 valence electrons. The Morgan fingerprint density at radius 3 is 2.50 bits per heavy atom. The zero-order valence-corrected chi connectivity index (χ0v) is 18.7. The number of halogens is 2. The van der Waals surface area contributed by atoms with Crippen molar-refractivity contribution in [1.82, 2.24) is 0 Å². The zero-order valence-electron chi connectivity index (χ0n) is 18.7. The molecular formula is C24H30F2O6. The van der Waals surface area contributed by atoms with Crippen molar-refractivity contribution in [3.63, 3.8) is 0 Å². The van der Waals surface area contributed by atoms with Gasteiger partial charge in [-0.2, -0.15) is 0 Å². The minimum absolute atomic E-state index is 0.0252. The summed E-state index contributed by atoms with van der Waals surface area (Å²) >= 11 is 0. The molecule has 4 aliphatic rings. The van der Waals surface area contributed by atoms with Gasteiger partial charge in [-0.05, 0) is 55.7 Å². The predicted octanol–water partition coefficient (Wildman–Crippen LogP) is 2.41. The molecule has 0 bridgehead atoms. The van der Waals surface area contributed by atoms with Crippen LogP contribution in [0.1, 0.15) is 47.0 Å². The smallest absolute Gasteiger partial charge is 0.303 e. The second-order valence-corrected chi connectivity index (χ2v) is 10.4. The van der Waals surface area contributed by atoms with Crippen LogP contribution in [0.4, 0.5) is 8.78 Å². The Bertz CT molecular complexity index is 945. The molecule has 0 aromatic rings. The zero-order chi connectivity index (χ0) is 23.9. The maximum absolute atomic E-state index is 17.5. The van der Waals surface area contributed by atoms with E-state index in [2.05, 4.69) is 0 Å². The molecule has 0 aromatic heterocycles. The van der Waals surface area contributed by atoms with Gasteiger partial charge >= 0.3 is 5.97 Å². The molecule has 0 heterocycles. The van der Waals surface area contributed by atoms with Gasteiger partial charge in [0, 0.05) is 23.7 Å². The Morgan fingerprint density at radius 2 is 1.91 bits per heavy atom. The lowest BCUT2D eigenvalue weighted by Crippen LogP contribution is -2.71. The van der Waals surface area contributed by atoms with Gasteiger partial charge in [0.15, 0.2) is 17.2 Å². The number of carbonyl (C=O) groups excluding carboxylic acids is 3. The van der Waals surface area contributed by atoms with Gasteiger partial charge < -0.3 is 14.9 Å². The maximum atomic E-state index is 17.5. The topological polar surface area (TPSA) is 101 Å². The number of alkyl halides is 2. The first kappa shape index (κ1) is 23.2. The summed E-state index contributed by atoms with van der Waals surface area (Å²) in [7, 11) is 0. The number of hydrogen-bond donors (Lipinski definition) is 2. The van der Waals surface area contributed by atoms with E-state index in [9.17, 15) is 24.6 Å². The van der Waals surface area contributed by atoms with Gasteiger partial charge in [-0.25, -0.2) is 8.78 Å². The standard InChI is InChI=1S/C24H30F2O6/c1-12-7-15-16-9-18(25)17-8-14(29)5-6-21(17,3)23(16,26)20(32-13(2)28)10-22(15,4)24(12,31)19(30)11-27/h5-6,8,12,15-16,18,20,27,31H,7,9-11H2,1-4H3/t12-,15?,16-,18?,20-,21-,22-,23?,24-/m0/s1. The minimum Gasteiger partial charge on any atom is -0.459 e. The quantitative estimate of drug-likeness (QED) is 0.638. The number of allylic oxidation sites excluding steroid dienone is 4. The fraction of sp³-hybridized carbons (Fsp3) is 0.708. The summed E-state index contributed by atoms with van der Waals surface area (Å²) in [6.07, 6.45) is 0.559. The molecule has 3 fully saturated rings. The minimum atomic E-state index is -2.25. The first-order valence-corrected chi connectivity index (χ1v) is 11.1. The third-order valence-corrected chi connectivity index (χ3v) is 9.06. The SMILES string of the molecule is CC(=O)O[C@H]1C[C@@]2(C)C(C[C@H](C)[C@]2(O)C(=O)CO)[C@@H]2CC(F)C3=CC(=O)C=C[C@]3(C)C12F. The van der Waals surface area contributed by atoms with E-state index in [1.807, 2.05) is 0 Å². The monoisotopic (exact) mass is 452 g/mol. The lowest BCUT2D eigenvalue weighted by Gasteiger charge is -2.63. The van der Waals surface area contributed by atoms with Crippen molar-refractivity contribution in [3.8, 4) is 0 Å². The molecule has 0 amide bonds. The second-order valence-electron chi connectivity index (χ2n) is 10.4. The third kappa shape index (κ3) is 2.59. The molecule has 2 N–H and O–H groups in total. The largest absolute Gasteiger partial charge is 0.459 e. The van der Waals surface area contributed by atoms with Crippen LogP contribution in [0.3, 0.4) is 0 Å². The summed E-state index contributed by atoms with van der Waals surface area (Å²) in [5.74, 6) is -4.12. The van der Waals surface area contributed by atoms with Crippen LogP contribution in [0.15, 0.2) is 23.8 Å². The molecule has 3 saturated carbocycles. The third-order valence-electron chi connectivity index (χ3n) is 9.06. The van der Waals surface area contributed by atoms with Gasteiger partial charge in [-0.15, -0.1) is 0 Å². The van der Waals surface area contributed by atoms with Crippen molar-refractivity contribution in [1.29, 1.82) is 0 Å². The van der Waals surface area contributed by atoms with Crippen LogP contribution in [-0.4, -0.2) is 57.9 Å². The number of aliphatic hydroxyl groups is 2. The molecule has 3 unspecified atom stereocenters. The van der Waals surface area contributed by atoms with Crippen molar-refractivity contribution >= 4 is 17.5 Å². The van der Waals surface area contributed by atoms with E-state index in [-0.39, 0.29) is 24.8 Å². The molecule has 0 aromatic carbocycles. The number of carbonyl (C=O) groups is 3. The number of Topliss-reactive ketones (excluding diaryl/α,β-unsaturated/α-hetero) is 1. The number of fused-ring (bicyclic) bond motifs is 5. The number of ketones is 2. The van der Waals surface area contributed by atoms with Crippen LogP contribution >= 0.6 is 0 Å². The molecule has 4 aliphatic carbocycles. The molecule has 0 saturated heterocycles. The fourth-order valence-corrected chi connectivity index (χ4v) is 7.55. The summed E-state index contributed by atoms with van der Waals surface area (Å²) < 4.78 is 38.4. The number of ether oxygens (including phenoxy) is 1. The number of rotatable bonds is 3. The molecule has 8 heteroatoms. The molecule has 0 aliphatic heterocycles. The normalized spacial score (nSPS) is 49.6. The predicted molar refractivity (Wildman–Crippen MR) is 110 cm³/mol. The van der Waals surface area contributed by atoms with Crippen molar-refractivity contribution in [3.05, 3.63) is 23.8 Å². The van der Waals surface area contributed by atoms with Crippen molar-refractivity contribution in [2.45, 2.75) is 70.5 Å². The highest BCUT2D eigenvalue weighted by atomic mass is 19.1. The Kier molecular flexibility index (Phi) is 5.11. The van der Waals surface area contributed by atoms with Gasteiger partial charge in [0.05, 0.1) is 0 Å². The van der Waals surface area contributed by atoms with Crippen LogP contribution in [0.5, 0.6) is 0 Å². The average Bonchev–Trinajstić information content (AvgIpc) is 2.92. The molecular weight excluding hydrogens is 422 g/mol. The first-order chi connectivity index (χ1) is 14.8. The fourth-order valence-electron chi connectivity index (χ4n) is 7.55. The molecule has 6 nitrogen and oxygen atoms in total. The van der Waals surface area contributed by atoms with Crippen molar-refractivity contribution in [2.24, 2.45) is 28.6 Å².